The van der Waals surface area contributed by atoms with Gasteiger partial charge in [0.15, 0.2) is 11.5 Å². The van der Waals surface area contributed by atoms with Crippen LogP contribution in [0.1, 0.15) is 35.5 Å². The fourth-order valence-corrected chi connectivity index (χ4v) is 4.37. The van der Waals surface area contributed by atoms with Crippen molar-refractivity contribution in [1.82, 2.24) is 34.9 Å². The molecule has 0 fully saturated rings. The molecule has 5 heterocycles. The maximum Gasteiger partial charge on any atom is 0.274 e. The molecule has 0 saturated heterocycles. The van der Waals surface area contributed by atoms with Crippen molar-refractivity contribution in [2.75, 3.05) is 10.6 Å². The summed E-state index contributed by atoms with van der Waals surface area (Å²) in [5.41, 5.74) is 1.11. The van der Waals surface area contributed by atoms with Crippen LogP contribution in [-0.4, -0.2) is 46.7 Å². The number of nitrogens with zero attached hydrogens (tertiary/aromatic N) is 6. The van der Waals surface area contributed by atoms with E-state index < -0.39 is 11.3 Å². The molecule has 4 aromatic heterocycles. The zero-order chi connectivity index (χ0) is 25.7. The highest BCUT2D eigenvalue weighted by Crippen LogP contribution is 2.40. The molecule has 37 heavy (non-hydrogen) atoms. The zero-order valence-corrected chi connectivity index (χ0v) is 19.8. The predicted octanol–water partition coefficient (Wildman–Crippen LogP) is 3.28. The largest absolute Gasteiger partial charge is 0.318 e. The minimum Gasteiger partial charge on any atom is -0.318 e. The number of H-pyrrole nitrogens is 1. The molecule has 0 atom stereocenters. The molecule has 0 radical (unpaired) electrons. The molecule has 0 bridgehead atoms. The van der Waals surface area contributed by atoms with E-state index in [9.17, 15) is 14.0 Å². The Hall–Kier alpha value is -5.00. The van der Waals surface area contributed by atoms with Gasteiger partial charge >= 0.3 is 0 Å². The quantitative estimate of drug-likeness (QED) is 0.338. The van der Waals surface area contributed by atoms with Gasteiger partial charge in [0.2, 0.25) is 5.91 Å². The van der Waals surface area contributed by atoms with Crippen LogP contribution in [-0.2, 0) is 16.8 Å². The van der Waals surface area contributed by atoms with Gasteiger partial charge < -0.3 is 10.6 Å². The molecule has 0 unspecified atom stereocenters. The van der Waals surface area contributed by atoms with Crippen LogP contribution in [0.2, 0.25) is 0 Å². The van der Waals surface area contributed by atoms with Gasteiger partial charge in [0.1, 0.15) is 23.0 Å². The van der Waals surface area contributed by atoms with Crippen molar-refractivity contribution in [2.24, 2.45) is 0 Å². The number of hydrogen-bond donors (Lipinski definition) is 3. The van der Waals surface area contributed by atoms with Gasteiger partial charge in [-0.05, 0) is 32.0 Å². The van der Waals surface area contributed by atoms with Gasteiger partial charge in [0, 0.05) is 23.5 Å². The molecule has 1 aliphatic rings. The van der Waals surface area contributed by atoms with E-state index in [2.05, 4.69) is 40.9 Å². The fourth-order valence-electron chi connectivity index (χ4n) is 4.37. The minimum atomic E-state index is -1.04. The molecule has 11 nitrogen and oxygen atoms in total. The second-order valence-corrected chi connectivity index (χ2v) is 9.11. The lowest BCUT2D eigenvalue weighted by Gasteiger charge is -2.17. The van der Waals surface area contributed by atoms with Crippen LogP contribution in [0.15, 0.2) is 55.0 Å². The van der Waals surface area contributed by atoms with E-state index in [1.54, 1.807) is 55.1 Å². The number of carbonyl (C=O) groups excluding carboxylic acids is 2. The molecule has 5 aromatic rings. The highest BCUT2D eigenvalue weighted by atomic mass is 19.1. The fraction of sp³-hybridized carbons (Fsp3) is 0.160. The van der Waals surface area contributed by atoms with Gasteiger partial charge in [0.25, 0.3) is 5.91 Å². The number of fused-ring (bicyclic) bond motifs is 2. The van der Waals surface area contributed by atoms with Crippen LogP contribution >= 0.6 is 0 Å². The van der Waals surface area contributed by atoms with E-state index in [0.717, 1.165) is 0 Å². The summed E-state index contributed by atoms with van der Waals surface area (Å²) in [4.78, 5) is 39.7. The molecule has 0 spiro atoms. The first kappa shape index (κ1) is 22.5. The maximum absolute atomic E-state index is 14.4. The number of benzene rings is 1. The predicted molar refractivity (Wildman–Crippen MR) is 132 cm³/mol. The molecule has 6 rings (SSSR count). The van der Waals surface area contributed by atoms with Crippen LogP contribution < -0.4 is 10.6 Å². The summed E-state index contributed by atoms with van der Waals surface area (Å²) in [6.07, 6.45) is 4.60. The minimum absolute atomic E-state index is 0.0326. The van der Waals surface area contributed by atoms with Crippen molar-refractivity contribution in [3.63, 3.8) is 0 Å². The van der Waals surface area contributed by atoms with Crippen LogP contribution in [0.5, 0.6) is 0 Å². The van der Waals surface area contributed by atoms with Crippen LogP contribution in [0.25, 0.3) is 22.6 Å². The lowest BCUT2D eigenvalue weighted by molar-refractivity contribution is -0.119. The van der Waals surface area contributed by atoms with E-state index >= 15 is 0 Å². The Morgan fingerprint density at radius 2 is 2.00 bits per heavy atom. The number of carbonyl (C=O) groups is 2. The van der Waals surface area contributed by atoms with Gasteiger partial charge in [-0.15, -0.1) is 0 Å². The van der Waals surface area contributed by atoms with E-state index in [-0.39, 0.29) is 35.6 Å². The average Bonchev–Trinajstić information content (AvgIpc) is 3.58. The van der Waals surface area contributed by atoms with Gasteiger partial charge in [-0.25, -0.2) is 24.0 Å². The van der Waals surface area contributed by atoms with Crippen LogP contribution in [0.3, 0.4) is 0 Å². The maximum atomic E-state index is 14.4. The summed E-state index contributed by atoms with van der Waals surface area (Å²) in [7, 11) is 0. The van der Waals surface area contributed by atoms with E-state index in [1.807, 2.05) is 0 Å². The second-order valence-electron chi connectivity index (χ2n) is 9.11. The number of rotatable bonds is 5. The number of nitrogens with one attached hydrogen (secondary N) is 3. The third-order valence-electron chi connectivity index (χ3n) is 6.30. The Balaban J connectivity index is 1.51. The number of hydrogen-bond acceptors (Lipinski definition) is 7. The number of aromatic amines is 1. The Labute approximate surface area is 209 Å². The van der Waals surface area contributed by atoms with Crippen molar-refractivity contribution < 1.29 is 14.0 Å². The molecule has 1 aliphatic heterocycles. The molecule has 0 saturated carbocycles. The van der Waals surface area contributed by atoms with Crippen molar-refractivity contribution >= 4 is 34.4 Å². The first-order valence-corrected chi connectivity index (χ1v) is 11.4. The second kappa shape index (κ2) is 8.29. The van der Waals surface area contributed by atoms with Gasteiger partial charge in [0.05, 0.1) is 29.2 Å². The standard InChI is InChI=1S/C25H20FN9O2/c1-25(2)17-19(23(36)30-14-10-28-29-11-14)31-21(32-20(17)33-24(25)37)18-15-7-5-9-27-22(15)35(34-18)12-13-6-3-4-8-16(13)26/h3-11H,12H2,1-2H3,(H,28,29)(H,30,36)(H,31,32,33,37). The van der Waals surface area contributed by atoms with Crippen molar-refractivity contribution in [3.8, 4) is 11.5 Å². The van der Waals surface area contributed by atoms with Crippen LogP contribution in [0.4, 0.5) is 15.9 Å². The summed E-state index contributed by atoms with van der Waals surface area (Å²) in [5.74, 6) is -0.833. The first-order chi connectivity index (χ1) is 17.8. The lowest BCUT2D eigenvalue weighted by atomic mass is 9.85. The van der Waals surface area contributed by atoms with E-state index in [4.69, 9.17) is 0 Å². The van der Waals surface area contributed by atoms with E-state index in [0.29, 0.717) is 33.5 Å². The Kier molecular flexibility index (Phi) is 5.04. The normalized spacial score (nSPS) is 14.0. The van der Waals surface area contributed by atoms with Crippen molar-refractivity contribution in [2.45, 2.75) is 25.8 Å². The number of aromatic nitrogens is 7. The van der Waals surface area contributed by atoms with Crippen molar-refractivity contribution in [1.29, 1.82) is 0 Å². The number of pyridine rings is 1. The molecule has 3 N–H and O–H groups in total. The Morgan fingerprint density at radius 1 is 1.16 bits per heavy atom. The summed E-state index contributed by atoms with van der Waals surface area (Å²) >= 11 is 0. The highest BCUT2D eigenvalue weighted by molar-refractivity contribution is 6.12. The van der Waals surface area contributed by atoms with E-state index in [1.165, 1.54) is 18.5 Å². The monoisotopic (exact) mass is 497 g/mol. The summed E-state index contributed by atoms with van der Waals surface area (Å²) < 4.78 is 15.9. The molecular formula is C25H20FN9O2. The number of anilines is 2. The van der Waals surface area contributed by atoms with Gasteiger partial charge in [-0.1, -0.05) is 18.2 Å². The Bertz CT molecular complexity index is 1690. The first-order valence-electron chi connectivity index (χ1n) is 11.4. The molecule has 12 heteroatoms. The van der Waals surface area contributed by atoms with Crippen LogP contribution in [0, 0.1) is 5.82 Å². The average molecular weight is 497 g/mol. The smallest absolute Gasteiger partial charge is 0.274 e. The highest BCUT2D eigenvalue weighted by Gasteiger charge is 2.44. The third kappa shape index (κ3) is 3.69. The molecular weight excluding hydrogens is 477 g/mol. The number of halogens is 1. The Morgan fingerprint density at radius 3 is 2.78 bits per heavy atom. The van der Waals surface area contributed by atoms with Crippen molar-refractivity contribution in [3.05, 3.63) is 77.6 Å². The van der Waals surface area contributed by atoms with Gasteiger partial charge in [-0.2, -0.15) is 10.2 Å². The SMILES string of the molecule is CC1(C)C(=O)Nc2nc(-c3nn(Cc4ccccc4F)c4ncccc34)nc(C(=O)Nc3cn[nH]c3)c21. The third-order valence-corrected chi connectivity index (χ3v) is 6.30. The molecule has 1 aromatic carbocycles. The summed E-state index contributed by atoms with van der Waals surface area (Å²) in [6, 6.07) is 9.96. The molecule has 0 aliphatic carbocycles. The molecule has 2 amide bonds. The number of amides is 2. The molecule has 184 valence electrons. The summed E-state index contributed by atoms with van der Waals surface area (Å²) in [5, 5.41) is 17.3. The lowest BCUT2D eigenvalue weighted by Crippen LogP contribution is -2.29. The summed E-state index contributed by atoms with van der Waals surface area (Å²) in [6.45, 7) is 3.53. The van der Waals surface area contributed by atoms with Gasteiger partial charge in [-0.3, -0.25) is 14.7 Å². The topological polar surface area (TPSA) is 143 Å². The zero-order valence-electron chi connectivity index (χ0n) is 19.8.